The third-order valence-electron chi connectivity index (χ3n) is 6.21. The van der Waals surface area contributed by atoms with Crippen LogP contribution >= 0.6 is 0 Å². The smallest absolute Gasteiger partial charge is 0.293 e. The molecular formula is C22H21F3N6O3. The first-order valence-electron chi connectivity index (χ1n) is 10.5. The van der Waals surface area contributed by atoms with E-state index in [4.69, 9.17) is 11.3 Å². The molecule has 0 saturated heterocycles. The van der Waals surface area contributed by atoms with Crippen LogP contribution in [-0.2, 0) is 17.8 Å². The van der Waals surface area contributed by atoms with E-state index in [2.05, 4.69) is 15.7 Å². The molecule has 1 aliphatic heterocycles. The van der Waals surface area contributed by atoms with Gasteiger partial charge in [0.2, 0.25) is 0 Å². The summed E-state index contributed by atoms with van der Waals surface area (Å²) < 4.78 is 42.4. The zero-order valence-electron chi connectivity index (χ0n) is 18.1. The molecule has 5 N–H and O–H groups in total. The number of hydrazone groups is 1. The number of fused-ring (bicyclic) bond motifs is 1. The van der Waals surface area contributed by atoms with Gasteiger partial charge in [-0.1, -0.05) is 0 Å². The molecule has 1 saturated carbocycles. The number of rotatable bonds is 7. The van der Waals surface area contributed by atoms with E-state index in [-0.39, 0.29) is 22.5 Å². The standard InChI is InChI=1S/C22H21F3N6O3/c1-10-15(19(32)21(34)29-22(6-7-22)14(9-26)30-27)13-3-2-8-31(13)18(10)20(33)28-12-5-4-11(23)16(24)17(12)25/h4-5,9,26H,2-3,6-8,27H2,1H3,(H,28,33)(H,29,34). The summed E-state index contributed by atoms with van der Waals surface area (Å²) in [5.74, 6) is -2.01. The molecule has 12 heteroatoms. The molecule has 34 heavy (non-hydrogen) atoms. The van der Waals surface area contributed by atoms with Crippen LogP contribution in [0.5, 0.6) is 0 Å². The molecule has 9 nitrogen and oxygen atoms in total. The highest BCUT2D eigenvalue weighted by Gasteiger charge is 2.49. The van der Waals surface area contributed by atoms with Gasteiger partial charge in [0.1, 0.15) is 11.4 Å². The molecule has 1 aromatic carbocycles. The van der Waals surface area contributed by atoms with Crippen molar-refractivity contribution in [3.8, 4) is 0 Å². The molecule has 2 heterocycles. The maximum atomic E-state index is 14.1. The SMILES string of the molecule is Cc1c(C(=O)C(=O)NC2(C(C=N)=NN)CC2)c2n(c1C(=O)Nc1ccc(F)c(F)c1F)CCC2. The first-order chi connectivity index (χ1) is 16.1. The second-order valence-electron chi connectivity index (χ2n) is 8.25. The van der Waals surface area contributed by atoms with Crippen molar-refractivity contribution in [3.63, 3.8) is 0 Å². The molecule has 0 radical (unpaired) electrons. The number of nitrogens with zero attached hydrogens (tertiary/aromatic N) is 2. The molecule has 2 aliphatic rings. The van der Waals surface area contributed by atoms with Crippen molar-refractivity contribution in [1.29, 1.82) is 5.41 Å². The van der Waals surface area contributed by atoms with Gasteiger partial charge in [0.15, 0.2) is 17.5 Å². The number of hydrogen-bond donors (Lipinski definition) is 4. The van der Waals surface area contributed by atoms with Crippen LogP contribution in [0, 0.1) is 29.8 Å². The monoisotopic (exact) mass is 474 g/mol. The largest absolute Gasteiger partial charge is 0.340 e. The van der Waals surface area contributed by atoms with Crippen molar-refractivity contribution < 1.29 is 27.6 Å². The first kappa shape index (κ1) is 23.2. The summed E-state index contributed by atoms with van der Waals surface area (Å²) in [4.78, 5) is 38.9. The van der Waals surface area contributed by atoms with E-state index >= 15 is 0 Å². The van der Waals surface area contributed by atoms with Gasteiger partial charge in [-0.05, 0) is 50.3 Å². The van der Waals surface area contributed by atoms with Crippen molar-refractivity contribution in [1.82, 2.24) is 9.88 Å². The number of nitrogens with one attached hydrogen (secondary N) is 3. The molecular weight excluding hydrogens is 453 g/mol. The Morgan fingerprint density at radius 1 is 1.21 bits per heavy atom. The normalized spacial score (nSPS) is 16.1. The lowest BCUT2D eigenvalue weighted by Crippen LogP contribution is -2.47. The minimum Gasteiger partial charge on any atom is -0.340 e. The molecule has 0 unspecified atom stereocenters. The second kappa shape index (κ2) is 8.43. The number of nitrogens with two attached hydrogens (primary N) is 1. The minimum atomic E-state index is -1.72. The second-order valence-corrected chi connectivity index (χ2v) is 8.25. The number of Topliss-reactive ketones (excluding diaryl/α,β-unsaturated/α-hetero) is 1. The van der Waals surface area contributed by atoms with Gasteiger partial charge in [-0.2, -0.15) is 5.10 Å². The van der Waals surface area contributed by atoms with E-state index in [0.717, 1.165) is 12.3 Å². The van der Waals surface area contributed by atoms with Crippen molar-refractivity contribution >= 4 is 35.2 Å². The quantitative estimate of drug-likeness (QED) is 0.122. The van der Waals surface area contributed by atoms with Gasteiger partial charge in [-0.3, -0.25) is 14.4 Å². The molecule has 1 fully saturated rings. The van der Waals surface area contributed by atoms with E-state index in [1.807, 2.05) is 0 Å². The fourth-order valence-electron chi connectivity index (χ4n) is 4.37. The Morgan fingerprint density at radius 3 is 2.53 bits per heavy atom. The fraction of sp³-hybridized carbons (Fsp3) is 0.318. The van der Waals surface area contributed by atoms with Gasteiger partial charge in [0.25, 0.3) is 17.6 Å². The number of amides is 2. The van der Waals surface area contributed by atoms with Crippen molar-refractivity contribution in [2.24, 2.45) is 10.9 Å². The molecule has 2 aromatic rings. The topological polar surface area (TPSA) is 142 Å². The molecule has 0 atom stereocenters. The van der Waals surface area contributed by atoms with Gasteiger partial charge in [-0.15, -0.1) is 0 Å². The first-order valence-corrected chi connectivity index (χ1v) is 10.5. The van der Waals surface area contributed by atoms with Gasteiger partial charge >= 0.3 is 0 Å². The van der Waals surface area contributed by atoms with E-state index in [0.29, 0.717) is 44.0 Å². The van der Waals surface area contributed by atoms with Crippen molar-refractivity contribution in [2.45, 2.75) is 44.7 Å². The molecule has 1 aliphatic carbocycles. The summed E-state index contributed by atoms with van der Waals surface area (Å²) in [5.41, 5.74) is -0.609. The molecule has 2 amide bonds. The van der Waals surface area contributed by atoms with Gasteiger partial charge < -0.3 is 26.5 Å². The summed E-state index contributed by atoms with van der Waals surface area (Å²) in [5, 5.41) is 15.7. The lowest BCUT2D eigenvalue weighted by atomic mass is 10.0. The average molecular weight is 474 g/mol. The predicted molar refractivity (Wildman–Crippen MR) is 117 cm³/mol. The Balaban J connectivity index is 1.64. The Hall–Kier alpha value is -3.96. The molecule has 4 rings (SSSR count). The minimum absolute atomic E-state index is 0.0256. The van der Waals surface area contributed by atoms with Crippen LogP contribution in [0.1, 0.15) is 51.4 Å². The molecule has 1 aromatic heterocycles. The van der Waals surface area contributed by atoms with E-state index in [1.165, 1.54) is 6.92 Å². The van der Waals surface area contributed by atoms with E-state index in [9.17, 15) is 27.6 Å². The maximum absolute atomic E-state index is 14.1. The summed E-state index contributed by atoms with van der Waals surface area (Å²) in [6.07, 6.45) is 2.90. The molecule has 0 bridgehead atoms. The van der Waals surface area contributed by atoms with Gasteiger partial charge in [-0.25, -0.2) is 13.2 Å². The number of benzene rings is 1. The third-order valence-corrected chi connectivity index (χ3v) is 6.21. The predicted octanol–water partition coefficient (Wildman–Crippen LogP) is 2.21. The number of anilines is 1. The summed E-state index contributed by atoms with van der Waals surface area (Å²) in [6.45, 7) is 1.87. The van der Waals surface area contributed by atoms with Crippen LogP contribution in [-0.4, -0.2) is 39.6 Å². The van der Waals surface area contributed by atoms with Gasteiger partial charge in [0.05, 0.1) is 16.8 Å². The van der Waals surface area contributed by atoms with E-state index in [1.54, 1.807) is 4.57 Å². The van der Waals surface area contributed by atoms with Crippen LogP contribution in [0.2, 0.25) is 0 Å². The van der Waals surface area contributed by atoms with Crippen LogP contribution in [0.25, 0.3) is 0 Å². The van der Waals surface area contributed by atoms with Crippen molar-refractivity contribution in [3.05, 3.63) is 52.1 Å². The lowest BCUT2D eigenvalue weighted by molar-refractivity contribution is -0.117. The van der Waals surface area contributed by atoms with Crippen LogP contribution < -0.4 is 16.5 Å². The zero-order valence-corrected chi connectivity index (χ0v) is 18.1. The zero-order chi connectivity index (χ0) is 24.8. The van der Waals surface area contributed by atoms with Crippen LogP contribution in [0.4, 0.5) is 18.9 Å². The van der Waals surface area contributed by atoms with Gasteiger partial charge in [0, 0.05) is 18.5 Å². The number of carbonyl (C=O) groups excluding carboxylic acids is 3. The van der Waals surface area contributed by atoms with Crippen LogP contribution in [0.3, 0.4) is 0 Å². The van der Waals surface area contributed by atoms with Crippen molar-refractivity contribution in [2.75, 3.05) is 5.32 Å². The number of ketones is 1. The summed E-state index contributed by atoms with van der Waals surface area (Å²) >= 11 is 0. The summed E-state index contributed by atoms with van der Waals surface area (Å²) in [6, 6.07) is 1.58. The fourth-order valence-corrected chi connectivity index (χ4v) is 4.37. The highest BCUT2D eigenvalue weighted by atomic mass is 19.2. The Labute approximate surface area is 191 Å². The lowest BCUT2D eigenvalue weighted by Gasteiger charge is -2.16. The number of aromatic nitrogens is 1. The Morgan fingerprint density at radius 2 is 1.91 bits per heavy atom. The number of hydrogen-bond acceptors (Lipinski definition) is 6. The Bertz CT molecular complexity index is 1280. The van der Waals surface area contributed by atoms with E-state index < -0.39 is 46.3 Å². The maximum Gasteiger partial charge on any atom is 0.293 e. The number of carbonyl (C=O) groups is 3. The molecule has 178 valence electrons. The highest BCUT2D eigenvalue weighted by Crippen LogP contribution is 2.37. The molecule has 0 spiro atoms. The van der Waals surface area contributed by atoms with Crippen LogP contribution in [0.15, 0.2) is 17.2 Å². The number of halogens is 3. The highest BCUT2D eigenvalue weighted by molar-refractivity contribution is 6.45. The Kier molecular flexibility index (Phi) is 5.75. The average Bonchev–Trinajstić information content (AvgIpc) is 3.32. The third kappa shape index (κ3) is 3.64. The summed E-state index contributed by atoms with van der Waals surface area (Å²) in [7, 11) is 0.